The first kappa shape index (κ1) is 16.6. The molecule has 1 aliphatic rings. The maximum atomic E-state index is 6.04. The van der Waals surface area contributed by atoms with Gasteiger partial charge in [-0.15, -0.1) is 0 Å². The zero-order chi connectivity index (χ0) is 15.4. The van der Waals surface area contributed by atoms with Gasteiger partial charge in [0, 0.05) is 18.6 Å². The van der Waals surface area contributed by atoms with Crippen LogP contribution in [0.25, 0.3) is 0 Å². The number of halogens is 1. The summed E-state index contributed by atoms with van der Waals surface area (Å²) in [7, 11) is 2.14. The summed E-state index contributed by atoms with van der Waals surface area (Å²) >= 11 is 3.58. The van der Waals surface area contributed by atoms with E-state index in [1.807, 2.05) is 0 Å². The Balaban J connectivity index is 2.27. The summed E-state index contributed by atoms with van der Waals surface area (Å²) in [6.07, 6.45) is 2.34. The number of rotatable bonds is 6. The van der Waals surface area contributed by atoms with Crippen LogP contribution in [-0.2, 0) is 0 Å². The molecule has 0 saturated heterocycles. The molecule has 0 fully saturated rings. The minimum absolute atomic E-state index is 0.179. The van der Waals surface area contributed by atoms with Crippen molar-refractivity contribution < 1.29 is 9.47 Å². The Labute approximate surface area is 135 Å². The number of likely N-dealkylation sites (N-methyl/N-ethyl adjacent to an activating group) is 1. The quantitative estimate of drug-likeness (QED) is 0.848. The van der Waals surface area contributed by atoms with Crippen molar-refractivity contribution in [1.29, 1.82) is 0 Å². The molecule has 2 unspecified atom stereocenters. The van der Waals surface area contributed by atoms with Crippen molar-refractivity contribution in [2.75, 3.05) is 26.8 Å². The van der Waals surface area contributed by atoms with E-state index in [0.717, 1.165) is 16.0 Å². The third-order valence-electron chi connectivity index (χ3n) is 4.12. The lowest BCUT2D eigenvalue weighted by molar-refractivity contribution is 0.165. The molecule has 5 heteroatoms. The number of hydrogen-bond donors (Lipinski definition) is 1. The van der Waals surface area contributed by atoms with Gasteiger partial charge in [-0.3, -0.25) is 4.90 Å². The van der Waals surface area contributed by atoms with E-state index in [2.05, 4.69) is 53.9 Å². The molecule has 0 aliphatic carbocycles. The first-order valence-corrected chi connectivity index (χ1v) is 8.38. The minimum atomic E-state index is 0.179. The first-order valence-electron chi connectivity index (χ1n) is 7.59. The minimum Gasteiger partial charge on any atom is -0.486 e. The van der Waals surface area contributed by atoms with Crippen LogP contribution in [0.4, 0.5) is 0 Å². The van der Waals surface area contributed by atoms with Gasteiger partial charge in [0.2, 0.25) is 0 Å². The molecule has 2 rings (SSSR count). The van der Waals surface area contributed by atoms with Gasteiger partial charge in [-0.2, -0.15) is 0 Å². The molecule has 2 N–H and O–H groups in total. The Bertz CT molecular complexity index is 482. The van der Waals surface area contributed by atoms with Crippen molar-refractivity contribution in [3.8, 4) is 11.5 Å². The first-order chi connectivity index (χ1) is 10.1. The number of nitrogens with zero attached hydrogens (tertiary/aromatic N) is 1. The Morgan fingerprint density at radius 2 is 2.05 bits per heavy atom. The fraction of sp³-hybridized carbons (Fsp3) is 0.625. The second-order valence-corrected chi connectivity index (χ2v) is 6.44. The zero-order valence-corrected chi connectivity index (χ0v) is 14.6. The summed E-state index contributed by atoms with van der Waals surface area (Å²) < 4.78 is 12.3. The van der Waals surface area contributed by atoms with Crippen LogP contribution in [0.3, 0.4) is 0 Å². The molecule has 0 saturated carbocycles. The van der Waals surface area contributed by atoms with Crippen molar-refractivity contribution in [2.24, 2.45) is 5.73 Å². The van der Waals surface area contributed by atoms with E-state index in [1.54, 1.807) is 0 Å². The molecular weight excluding hydrogens is 332 g/mol. The molecule has 0 bridgehead atoms. The molecule has 1 heterocycles. The molecule has 21 heavy (non-hydrogen) atoms. The molecule has 4 nitrogen and oxygen atoms in total. The Morgan fingerprint density at radius 3 is 2.71 bits per heavy atom. The van der Waals surface area contributed by atoms with E-state index in [1.165, 1.54) is 18.4 Å². The van der Waals surface area contributed by atoms with Crippen LogP contribution in [0, 0.1) is 0 Å². The van der Waals surface area contributed by atoms with Crippen molar-refractivity contribution in [2.45, 2.75) is 38.8 Å². The monoisotopic (exact) mass is 356 g/mol. The number of hydrogen-bond acceptors (Lipinski definition) is 4. The lowest BCUT2D eigenvalue weighted by Gasteiger charge is -2.33. The fourth-order valence-corrected chi connectivity index (χ4v) is 3.36. The Kier molecular flexibility index (Phi) is 5.90. The third kappa shape index (κ3) is 3.71. The van der Waals surface area contributed by atoms with E-state index in [9.17, 15) is 0 Å². The molecule has 118 valence electrons. The standard InChI is InChI=1S/C16H25BrN2O2/c1-4-5-11(2)19(3)14(10-18)12-8-13(17)16-15(9-12)20-6-7-21-16/h8-9,11,14H,4-7,10,18H2,1-3H3. The van der Waals surface area contributed by atoms with Gasteiger partial charge >= 0.3 is 0 Å². The molecule has 1 aliphatic heterocycles. The molecule has 0 radical (unpaired) electrons. The summed E-state index contributed by atoms with van der Waals surface area (Å²) in [5.74, 6) is 1.60. The zero-order valence-electron chi connectivity index (χ0n) is 13.1. The number of benzene rings is 1. The van der Waals surface area contributed by atoms with Crippen LogP contribution in [0.15, 0.2) is 16.6 Å². The van der Waals surface area contributed by atoms with Crippen molar-refractivity contribution >= 4 is 15.9 Å². The van der Waals surface area contributed by atoms with E-state index < -0.39 is 0 Å². The van der Waals surface area contributed by atoms with Gasteiger partial charge in [0.15, 0.2) is 11.5 Å². The van der Waals surface area contributed by atoms with Crippen LogP contribution in [0.5, 0.6) is 11.5 Å². The summed E-state index contributed by atoms with van der Waals surface area (Å²) in [4.78, 5) is 2.35. The average molecular weight is 357 g/mol. The van der Waals surface area contributed by atoms with E-state index in [-0.39, 0.29) is 6.04 Å². The molecule has 0 spiro atoms. The molecule has 1 aromatic carbocycles. The Morgan fingerprint density at radius 1 is 1.33 bits per heavy atom. The molecule has 0 aromatic heterocycles. The van der Waals surface area contributed by atoms with Gasteiger partial charge in [0.05, 0.1) is 4.47 Å². The predicted octanol–water partition coefficient (Wildman–Crippen LogP) is 3.34. The molecule has 0 amide bonds. The van der Waals surface area contributed by atoms with E-state index in [0.29, 0.717) is 25.8 Å². The fourth-order valence-electron chi connectivity index (χ4n) is 2.79. The van der Waals surface area contributed by atoms with Crippen LogP contribution < -0.4 is 15.2 Å². The molecular formula is C16H25BrN2O2. The smallest absolute Gasteiger partial charge is 0.175 e. The second kappa shape index (κ2) is 7.47. The Hall–Kier alpha value is -0.780. The SMILES string of the molecule is CCCC(C)N(C)C(CN)c1cc(Br)c2c(c1)OCCO2. The van der Waals surface area contributed by atoms with Gasteiger partial charge in [0.1, 0.15) is 13.2 Å². The maximum absolute atomic E-state index is 6.04. The van der Waals surface area contributed by atoms with Gasteiger partial charge in [-0.1, -0.05) is 13.3 Å². The maximum Gasteiger partial charge on any atom is 0.175 e. The average Bonchev–Trinajstić information content (AvgIpc) is 2.48. The van der Waals surface area contributed by atoms with Crippen LogP contribution in [-0.4, -0.2) is 37.7 Å². The van der Waals surface area contributed by atoms with Gasteiger partial charge in [-0.25, -0.2) is 0 Å². The molecule has 2 atom stereocenters. The summed E-state index contributed by atoms with van der Waals surface area (Å²) in [5.41, 5.74) is 7.20. The lowest BCUT2D eigenvalue weighted by atomic mass is 10.0. The summed E-state index contributed by atoms with van der Waals surface area (Å²) in [6.45, 7) is 6.23. The van der Waals surface area contributed by atoms with Gasteiger partial charge < -0.3 is 15.2 Å². The van der Waals surface area contributed by atoms with Gasteiger partial charge in [-0.05, 0) is 54.0 Å². The second-order valence-electron chi connectivity index (χ2n) is 5.58. The number of fused-ring (bicyclic) bond motifs is 1. The third-order valence-corrected chi connectivity index (χ3v) is 4.71. The molecule has 1 aromatic rings. The normalized spacial score (nSPS) is 16.9. The topological polar surface area (TPSA) is 47.7 Å². The van der Waals surface area contributed by atoms with E-state index >= 15 is 0 Å². The van der Waals surface area contributed by atoms with Crippen LogP contribution >= 0.6 is 15.9 Å². The largest absolute Gasteiger partial charge is 0.486 e. The highest BCUT2D eigenvalue weighted by molar-refractivity contribution is 9.10. The highest BCUT2D eigenvalue weighted by Crippen LogP contribution is 2.40. The van der Waals surface area contributed by atoms with Gasteiger partial charge in [0.25, 0.3) is 0 Å². The van der Waals surface area contributed by atoms with E-state index in [4.69, 9.17) is 15.2 Å². The van der Waals surface area contributed by atoms with Crippen molar-refractivity contribution in [3.05, 3.63) is 22.2 Å². The van der Waals surface area contributed by atoms with Crippen molar-refractivity contribution in [1.82, 2.24) is 4.90 Å². The summed E-state index contributed by atoms with van der Waals surface area (Å²) in [6, 6.07) is 4.83. The number of ether oxygens (including phenoxy) is 2. The van der Waals surface area contributed by atoms with Crippen molar-refractivity contribution in [3.63, 3.8) is 0 Å². The van der Waals surface area contributed by atoms with Crippen LogP contribution in [0.1, 0.15) is 38.3 Å². The number of nitrogens with two attached hydrogens (primary N) is 1. The predicted molar refractivity (Wildman–Crippen MR) is 89.1 cm³/mol. The summed E-state index contributed by atoms with van der Waals surface area (Å²) in [5, 5.41) is 0. The highest BCUT2D eigenvalue weighted by Gasteiger charge is 2.24. The highest BCUT2D eigenvalue weighted by atomic mass is 79.9. The van der Waals surface area contributed by atoms with Crippen LogP contribution in [0.2, 0.25) is 0 Å². The lowest BCUT2D eigenvalue weighted by Crippen LogP contribution is -2.37.